The highest BCUT2D eigenvalue weighted by atomic mass is 16.6. The van der Waals surface area contributed by atoms with Crippen molar-refractivity contribution >= 4 is 23.0 Å². The van der Waals surface area contributed by atoms with Crippen LogP contribution in [-0.4, -0.2) is 10.8 Å². The molecule has 0 saturated heterocycles. The third-order valence-corrected chi connectivity index (χ3v) is 4.00. The molecular weight excluding hydrogens is 344 g/mol. The van der Waals surface area contributed by atoms with E-state index in [4.69, 9.17) is 0 Å². The lowest BCUT2D eigenvalue weighted by Gasteiger charge is -2.16. The fraction of sp³-hybridized carbons (Fsp3) is 0.200. The second kappa shape index (κ2) is 8.63. The van der Waals surface area contributed by atoms with Crippen molar-refractivity contribution in [3.8, 4) is 6.07 Å². The molecule has 0 aliphatic carbocycles. The first-order valence-electron chi connectivity index (χ1n) is 8.36. The smallest absolute Gasteiger partial charge is 0.292 e. The van der Waals surface area contributed by atoms with E-state index in [0.717, 1.165) is 11.1 Å². The van der Waals surface area contributed by atoms with Crippen LogP contribution >= 0.6 is 0 Å². The lowest BCUT2D eigenvalue weighted by molar-refractivity contribution is -0.383. The Balaban J connectivity index is 2.27. The second-order valence-corrected chi connectivity index (χ2v) is 6.24. The van der Waals surface area contributed by atoms with Crippen molar-refractivity contribution in [3.63, 3.8) is 0 Å². The molecule has 0 fully saturated rings. The molecule has 0 aromatic heterocycles. The number of benzene rings is 2. The van der Waals surface area contributed by atoms with Crippen LogP contribution in [0.5, 0.6) is 0 Å². The van der Waals surface area contributed by atoms with Crippen molar-refractivity contribution in [1.29, 1.82) is 5.26 Å². The first-order valence-corrected chi connectivity index (χ1v) is 8.36. The number of carbonyl (C=O) groups is 1. The van der Waals surface area contributed by atoms with Gasteiger partial charge in [-0.05, 0) is 30.0 Å². The van der Waals surface area contributed by atoms with E-state index in [9.17, 15) is 20.2 Å². The molecule has 0 bridgehead atoms. The van der Waals surface area contributed by atoms with Gasteiger partial charge in [-0.25, -0.2) is 0 Å². The van der Waals surface area contributed by atoms with Crippen LogP contribution in [0.15, 0.2) is 54.2 Å². The summed E-state index contributed by atoms with van der Waals surface area (Å²) >= 11 is 0. The van der Waals surface area contributed by atoms with Crippen LogP contribution in [0.25, 0.3) is 0 Å². The summed E-state index contributed by atoms with van der Waals surface area (Å²) in [5.74, 6) is -0.389. The molecule has 27 heavy (non-hydrogen) atoms. The number of nitro benzene ring substituents is 1. The molecule has 0 radical (unpaired) electrons. The van der Waals surface area contributed by atoms with Gasteiger partial charge in [0, 0.05) is 18.0 Å². The van der Waals surface area contributed by atoms with E-state index >= 15 is 0 Å². The Morgan fingerprint density at radius 1 is 1.22 bits per heavy atom. The van der Waals surface area contributed by atoms with Crippen molar-refractivity contribution < 1.29 is 9.72 Å². The third kappa shape index (κ3) is 4.70. The molecule has 7 nitrogen and oxygen atoms in total. The van der Waals surface area contributed by atoms with Gasteiger partial charge in [-0.3, -0.25) is 14.9 Å². The molecule has 0 unspecified atom stereocenters. The lowest BCUT2D eigenvalue weighted by atomic mass is 9.98. The van der Waals surface area contributed by atoms with Crippen LogP contribution in [0.4, 0.5) is 17.1 Å². The molecule has 0 atom stereocenters. The summed E-state index contributed by atoms with van der Waals surface area (Å²) < 4.78 is 0. The van der Waals surface area contributed by atoms with Crippen LogP contribution in [0, 0.1) is 28.4 Å². The molecule has 0 heterocycles. The fourth-order valence-corrected chi connectivity index (χ4v) is 2.58. The Labute approximate surface area is 157 Å². The first-order chi connectivity index (χ1) is 12.8. The quantitative estimate of drug-likeness (QED) is 0.340. The van der Waals surface area contributed by atoms with Gasteiger partial charge in [0.05, 0.1) is 4.92 Å². The van der Waals surface area contributed by atoms with Crippen molar-refractivity contribution in [2.75, 3.05) is 10.6 Å². The molecule has 7 heteroatoms. The average Bonchev–Trinajstić information content (AvgIpc) is 2.63. The number of hydrogen-bond acceptors (Lipinski definition) is 5. The summed E-state index contributed by atoms with van der Waals surface area (Å²) in [6.45, 7) is 5.91. The maximum absolute atomic E-state index is 12.5. The molecular formula is C20H20N4O3. The van der Waals surface area contributed by atoms with Crippen LogP contribution < -0.4 is 10.6 Å². The summed E-state index contributed by atoms with van der Waals surface area (Å²) in [6.07, 6.45) is 1.17. The predicted molar refractivity (Wildman–Crippen MR) is 104 cm³/mol. The maximum Gasteiger partial charge on any atom is 0.292 e. The monoisotopic (exact) mass is 364 g/mol. The Bertz CT molecular complexity index is 942. The molecule has 1 amide bonds. The molecule has 2 aromatic carbocycles. The van der Waals surface area contributed by atoms with Crippen molar-refractivity contribution in [3.05, 3.63) is 75.5 Å². The lowest BCUT2D eigenvalue weighted by Crippen LogP contribution is -2.17. The zero-order valence-electron chi connectivity index (χ0n) is 15.3. The molecule has 2 aromatic rings. The summed E-state index contributed by atoms with van der Waals surface area (Å²) in [5.41, 5.74) is 2.38. The van der Waals surface area contributed by atoms with Gasteiger partial charge in [0.1, 0.15) is 17.3 Å². The molecule has 138 valence electrons. The zero-order chi connectivity index (χ0) is 20.0. The fourth-order valence-electron chi connectivity index (χ4n) is 2.58. The van der Waals surface area contributed by atoms with Gasteiger partial charge in [-0.15, -0.1) is 0 Å². The van der Waals surface area contributed by atoms with Crippen LogP contribution in [0.3, 0.4) is 0 Å². The Morgan fingerprint density at radius 3 is 2.56 bits per heavy atom. The highest BCUT2D eigenvalue weighted by Crippen LogP contribution is 2.28. The van der Waals surface area contributed by atoms with Crippen molar-refractivity contribution in [2.24, 2.45) is 0 Å². The standard InChI is InChI=1S/C20H20N4O3/c1-13(2)16-8-6-7-14(3)19(16)23-20(25)15(11-21)12-22-17-9-4-5-10-18(17)24(26)27/h4-10,12-13,22H,1-3H3,(H,23,25)/b15-12-. The van der Waals surface area contributed by atoms with E-state index in [1.54, 1.807) is 6.07 Å². The summed E-state index contributed by atoms with van der Waals surface area (Å²) in [4.78, 5) is 23.0. The Kier molecular flexibility index (Phi) is 6.28. The number of anilines is 2. The van der Waals surface area contributed by atoms with Crippen molar-refractivity contribution in [2.45, 2.75) is 26.7 Å². The second-order valence-electron chi connectivity index (χ2n) is 6.24. The minimum atomic E-state index is -0.584. The number of nitro groups is 1. The summed E-state index contributed by atoms with van der Waals surface area (Å²) in [6, 6.07) is 13.5. The third-order valence-electron chi connectivity index (χ3n) is 4.00. The molecule has 0 spiro atoms. The van der Waals surface area contributed by atoms with E-state index < -0.39 is 10.8 Å². The van der Waals surface area contributed by atoms with Crippen molar-refractivity contribution in [1.82, 2.24) is 0 Å². The highest BCUT2D eigenvalue weighted by Gasteiger charge is 2.16. The minimum absolute atomic E-state index is 0.146. The number of amides is 1. The van der Waals surface area contributed by atoms with Gasteiger partial charge in [0.15, 0.2) is 0 Å². The number of nitrogens with one attached hydrogen (secondary N) is 2. The van der Waals surface area contributed by atoms with Gasteiger partial charge in [-0.1, -0.05) is 44.2 Å². The van der Waals surface area contributed by atoms with Crippen LogP contribution in [-0.2, 0) is 4.79 Å². The Hall–Kier alpha value is -3.66. The minimum Gasteiger partial charge on any atom is -0.355 e. The first kappa shape index (κ1) is 19.7. The number of carbonyl (C=O) groups excluding carboxylic acids is 1. The topological polar surface area (TPSA) is 108 Å². The number of hydrogen-bond donors (Lipinski definition) is 2. The van der Waals surface area contributed by atoms with Gasteiger partial charge in [0.25, 0.3) is 11.6 Å². The van der Waals surface area contributed by atoms with Gasteiger partial charge in [-0.2, -0.15) is 5.26 Å². The van der Waals surface area contributed by atoms with Crippen LogP contribution in [0.2, 0.25) is 0 Å². The van der Waals surface area contributed by atoms with Gasteiger partial charge >= 0.3 is 0 Å². The number of para-hydroxylation sites is 3. The van der Waals surface area contributed by atoms with Crippen LogP contribution in [0.1, 0.15) is 30.9 Å². The van der Waals surface area contributed by atoms with E-state index in [-0.39, 0.29) is 22.9 Å². The molecule has 0 saturated carbocycles. The predicted octanol–water partition coefficient (Wildman–Crippen LogP) is 4.48. The van der Waals surface area contributed by atoms with E-state index in [2.05, 4.69) is 10.6 Å². The highest BCUT2D eigenvalue weighted by molar-refractivity contribution is 6.07. The Morgan fingerprint density at radius 2 is 1.93 bits per heavy atom. The van der Waals surface area contributed by atoms with E-state index in [1.165, 1.54) is 24.4 Å². The molecule has 0 aliphatic heterocycles. The summed E-state index contributed by atoms with van der Waals surface area (Å²) in [7, 11) is 0. The number of nitriles is 1. The average molecular weight is 364 g/mol. The number of nitrogens with zero attached hydrogens (tertiary/aromatic N) is 2. The van der Waals surface area contributed by atoms with E-state index in [1.807, 2.05) is 45.0 Å². The van der Waals surface area contributed by atoms with Gasteiger partial charge in [0.2, 0.25) is 0 Å². The summed E-state index contributed by atoms with van der Waals surface area (Å²) in [5, 5.41) is 25.8. The molecule has 2 rings (SSSR count). The molecule has 2 N–H and O–H groups in total. The number of aryl methyl sites for hydroxylation is 1. The number of rotatable bonds is 6. The normalized spacial score (nSPS) is 11.0. The SMILES string of the molecule is Cc1cccc(C(C)C)c1NC(=O)/C(C#N)=C\Nc1ccccc1[N+](=O)[O-]. The zero-order valence-corrected chi connectivity index (χ0v) is 15.3. The van der Waals surface area contributed by atoms with Gasteiger partial charge < -0.3 is 10.6 Å². The van der Waals surface area contributed by atoms with E-state index in [0.29, 0.717) is 5.69 Å². The molecule has 0 aliphatic rings. The largest absolute Gasteiger partial charge is 0.355 e. The maximum atomic E-state index is 12.5.